The van der Waals surface area contributed by atoms with Gasteiger partial charge < -0.3 is 10.2 Å². The Morgan fingerprint density at radius 3 is 2.35 bits per heavy atom. The van der Waals surface area contributed by atoms with Gasteiger partial charge in [0, 0.05) is 15.8 Å². The molecule has 2 amide bonds. The summed E-state index contributed by atoms with van der Waals surface area (Å²) in [6.45, 7) is -0.0821. The summed E-state index contributed by atoms with van der Waals surface area (Å²) in [6, 6.07) is 15.8. The minimum absolute atomic E-state index is 0.0821. The lowest BCUT2D eigenvalue weighted by Crippen LogP contribution is -2.34. The molecule has 0 spiro atoms. The van der Waals surface area contributed by atoms with Crippen molar-refractivity contribution in [3.8, 4) is 0 Å². The Bertz CT molecular complexity index is 759. The molecule has 0 aromatic heterocycles. The molecule has 0 aliphatic carbocycles. The third-order valence-corrected chi connectivity index (χ3v) is 4.12. The van der Waals surface area contributed by atoms with Gasteiger partial charge in [0.25, 0.3) is 0 Å². The highest BCUT2D eigenvalue weighted by atomic mass is 79.9. The summed E-state index contributed by atoms with van der Waals surface area (Å²) in [5.74, 6) is -2.77. The molecule has 1 fully saturated rings. The van der Waals surface area contributed by atoms with Crippen molar-refractivity contribution in [2.24, 2.45) is 5.92 Å². The van der Waals surface area contributed by atoms with E-state index in [0.717, 1.165) is 4.47 Å². The van der Waals surface area contributed by atoms with Crippen molar-refractivity contribution >= 4 is 44.9 Å². The number of Topliss-reactive ketones (excluding diaryl/α,β-unsaturated/α-hetero) is 1. The van der Waals surface area contributed by atoms with E-state index in [-0.39, 0.29) is 6.54 Å². The average molecular weight is 373 g/mol. The van der Waals surface area contributed by atoms with Gasteiger partial charge in [0.15, 0.2) is 11.7 Å². The predicted octanol–water partition coefficient (Wildman–Crippen LogP) is 2.62. The Balaban J connectivity index is 1.77. The number of hydrogen-bond donors (Lipinski definition) is 1. The Hall–Kier alpha value is -2.47. The number of halogens is 1. The highest BCUT2D eigenvalue weighted by Gasteiger charge is 2.44. The van der Waals surface area contributed by atoms with Crippen LogP contribution in [0.15, 0.2) is 59.1 Å². The van der Waals surface area contributed by atoms with Crippen molar-refractivity contribution in [2.45, 2.75) is 0 Å². The van der Waals surface area contributed by atoms with E-state index in [1.165, 1.54) is 4.90 Å². The predicted molar refractivity (Wildman–Crippen MR) is 90.1 cm³/mol. The lowest BCUT2D eigenvalue weighted by Gasteiger charge is -2.15. The Kier molecular flexibility index (Phi) is 4.25. The van der Waals surface area contributed by atoms with Crippen LogP contribution in [0, 0.1) is 5.92 Å². The van der Waals surface area contributed by atoms with Gasteiger partial charge >= 0.3 is 0 Å². The van der Waals surface area contributed by atoms with Gasteiger partial charge in [0.1, 0.15) is 0 Å². The van der Waals surface area contributed by atoms with Crippen LogP contribution < -0.4 is 10.2 Å². The van der Waals surface area contributed by atoms with Crippen LogP contribution in [0.5, 0.6) is 0 Å². The molecule has 1 heterocycles. The van der Waals surface area contributed by atoms with Crippen LogP contribution in [0.3, 0.4) is 0 Å². The first-order chi connectivity index (χ1) is 11.1. The van der Waals surface area contributed by atoms with E-state index in [2.05, 4.69) is 21.2 Å². The van der Waals surface area contributed by atoms with E-state index in [1.807, 2.05) is 6.07 Å². The second kappa shape index (κ2) is 6.34. The first-order valence-electron chi connectivity index (χ1n) is 7.02. The second-order valence-corrected chi connectivity index (χ2v) is 6.07. The molecule has 3 rings (SSSR count). The summed E-state index contributed by atoms with van der Waals surface area (Å²) in [4.78, 5) is 38.2. The SMILES string of the molecule is O=C1CN(c2ccccc2)C(=O)C1C(=O)Nc1ccc(Br)cc1. The number of amides is 2. The third kappa shape index (κ3) is 3.17. The van der Waals surface area contributed by atoms with Gasteiger partial charge in [-0.05, 0) is 36.4 Å². The van der Waals surface area contributed by atoms with Gasteiger partial charge in [-0.2, -0.15) is 0 Å². The topological polar surface area (TPSA) is 66.5 Å². The van der Waals surface area contributed by atoms with Gasteiger partial charge in [-0.1, -0.05) is 34.1 Å². The molecule has 5 nitrogen and oxygen atoms in total. The minimum atomic E-state index is -1.29. The molecular weight excluding hydrogens is 360 g/mol. The van der Waals surface area contributed by atoms with Crippen molar-refractivity contribution < 1.29 is 14.4 Å². The maximum atomic E-state index is 12.4. The summed E-state index contributed by atoms with van der Waals surface area (Å²) >= 11 is 3.30. The first-order valence-corrected chi connectivity index (χ1v) is 7.81. The fourth-order valence-corrected chi connectivity index (χ4v) is 2.72. The summed E-state index contributed by atoms with van der Waals surface area (Å²) in [7, 11) is 0. The molecule has 0 saturated carbocycles. The number of hydrogen-bond acceptors (Lipinski definition) is 3. The van der Waals surface area contributed by atoms with Crippen LogP contribution in [0.2, 0.25) is 0 Å². The zero-order valence-corrected chi connectivity index (χ0v) is 13.6. The quantitative estimate of drug-likeness (QED) is 0.842. The summed E-state index contributed by atoms with van der Waals surface area (Å²) in [5.41, 5.74) is 1.15. The second-order valence-electron chi connectivity index (χ2n) is 5.16. The normalized spacial score (nSPS) is 17.4. The Morgan fingerprint density at radius 1 is 1.04 bits per heavy atom. The Labute approximate surface area is 141 Å². The molecule has 1 saturated heterocycles. The molecule has 1 aliphatic rings. The lowest BCUT2D eigenvalue weighted by atomic mass is 10.1. The molecule has 23 heavy (non-hydrogen) atoms. The van der Waals surface area contributed by atoms with Crippen LogP contribution in [0.25, 0.3) is 0 Å². The number of carbonyl (C=O) groups is 3. The van der Waals surface area contributed by atoms with Crippen LogP contribution >= 0.6 is 15.9 Å². The van der Waals surface area contributed by atoms with E-state index in [9.17, 15) is 14.4 Å². The molecule has 1 N–H and O–H groups in total. The lowest BCUT2D eigenvalue weighted by molar-refractivity contribution is -0.134. The number of para-hydroxylation sites is 1. The van der Waals surface area contributed by atoms with Gasteiger partial charge in [-0.3, -0.25) is 14.4 Å². The fraction of sp³-hybridized carbons (Fsp3) is 0.118. The number of carbonyl (C=O) groups excluding carboxylic acids is 3. The highest BCUT2D eigenvalue weighted by molar-refractivity contribution is 9.10. The van der Waals surface area contributed by atoms with E-state index in [1.54, 1.807) is 48.5 Å². The molecule has 0 radical (unpaired) electrons. The molecule has 0 bridgehead atoms. The maximum Gasteiger partial charge on any atom is 0.247 e. The van der Waals surface area contributed by atoms with Crippen molar-refractivity contribution in [2.75, 3.05) is 16.8 Å². The summed E-state index contributed by atoms with van der Waals surface area (Å²) < 4.78 is 0.874. The minimum Gasteiger partial charge on any atom is -0.325 e. The molecule has 116 valence electrons. The number of nitrogens with one attached hydrogen (secondary N) is 1. The monoisotopic (exact) mass is 372 g/mol. The van der Waals surface area contributed by atoms with Crippen molar-refractivity contribution in [3.63, 3.8) is 0 Å². The van der Waals surface area contributed by atoms with E-state index in [4.69, 9.17) is 0 Å². The number of anilines is 2. The third-order valence-electron chi connectivity index (χ3n) is 3.59. The zero-order valence-electron chi connectivity index (χ0n) is 12.0. The largest absolute Gasteiger partial charge is 0.325 e. The molecule has 6 heteroatoms. The van der Waals surface area contributed by atoms with Crippen LogP contribution in [0.4, 0.5) is 11.4 Å². The standard InChI is InChI=1S/C17H13BrN2O3/c18-11-6-8-12(9-7-11)19-16(22)15-14(21)10-20(17(15)23)13-4-2-1-3-5-13/h1-9,15H,10H2,(H,19,22). The molecule has 2 aromatic rings. The fourth-order valence-electron chi connectivity index (χ4n) is 2.45. The molecule has 2 aromatic carbocycles. The van der Waals surface area contributed by atoms with Crippen molar-refractivity contribution in [1.82, 2.24) is 0 Å². The molecule has 1 atom stereocenters. The van der Waals surface area contributed by atoms with Gasteiger partial charge in [0.05, 0.1) is 6.54 Å². The van der Waals surface area contributed by atoms with Gasteiger partial charge in [0.2, 0.25) is 11.8 Å². The smallest absolute Gasteiger partial charge is 0.247 e. The number of ketones is 1. The first kappa shape index (κ1) is 15.4. The van der Waals surface area contributed by atoms with Gasteiger partial charge in [-0.15, -0.1) is 0 Å². The van der Waals surface area contributed by atoms with E-state index in [0.29, 0.717) is 11.4 Å². The Morgan fingerprint density at radius 2 is 1.70 bits per heavy atom. The van der Waals surface area contributed by atoms with Crippen LogP contribution in [-0.4, -0.2) is 24.1 Å². The van der Waals surface area contributed by atoms with Crippen molar-refractivity contribution in [1.29, 1.82) is 0 Å². The zero-order chi connectivity index (χ0) is 16.4. The van der Waals surface area contributed by atoms with E-state index < -0.39 is 23.5 Å². The highest BCUT2D eigenvalue weighted by Crippen LogP contribution is 2.24. The van der Waals surface area contributed by atoms with Crippen molar-refractivity contribution in [3.05, 3.63) is 59.1 Å². The molecule has 1 aliphatic heterocycles. The summed E-state index contributed by atoms with van der Waals surface area (Å²) in [6.07, 6.45) is 0. The van der Waals surface area contributed by atoms with Crippen LogP contribution in [-0.2, 0) is 14.4 Å². The average Bonchev–Trinajstić information content (AvgIpc) is 2.85. The summed E-state index contributed by atoms with van der Waals surface area (Å²) in [5, 5.41) is 2.62. The number of nitrogens with zero attached hydrogens (tertiary/aromatic N) is 1. The molecule has 1 unspecified atom stereocenters. The van der Waals surface area contributed by atoms with E-state index >= 15 is 0 Å². The van der Waals surface area contributed by atoms with Crippen LogP contribution in [0.1, 0.15) is 0 Å². The van der Waals surface area contributed by atoms with Gasteiger partial charge in [-0.25, -0.2) is 0 Å². The molecular formula is C17H13BrN2O3. The maximum absolute atomic E-state index is 12.4. The number of benzene rings is 2. The number of rotatable bonds is 3.